The summed E-state index contributed by atoms with van der Waals surface area (Å²) < 4.78 is 42.7. The number of halogens is 2. The molecule has 1 aromatic rings. The molecule has 4 rings (SSSR count). The summed E-state index contributed by atoms with van der Waals surface area (Å²) in [6.07, 6.45) is -3.51. The summed E-state index contributed by atoms with van der Waals surface area (Å²) in [6, 6.07) is 3.91. The van der Waals surface area contributed by atoms with E-state index < -0.39 is 54.0 Å². The van der Waals surface area contributed by atoms with Crippen LogP contribution in [0.15, 0.2) is 18.2 Å². The van der Waals surface area contributed by atoms with Crippen LogP contribution in [0, 0.1) is 5.82 Å². The van der Waals surface area contributed by atoms with Crippen LogP contribution >= 0.6 is 11.6 Å². The summed E-state index contributed by atoms with van der Waals surface area (Å²) in [5, 5.41) is 2.58. The van der Waals surface area contributed by atoms with Crippen LogP contribution < -0.4 is 5.32 Å². The summed E-state index contributed by atoms with van der Waals surface area (Å²) in [5.41, 5.74) is 0.343. The predicted molar refractivity (Wildman–Crippen MR) is 92.6 cm³/mol. The molecule has 3 saturated heterocycles. The van der Waals surface area contributed by atoms with Crippen LogP contribution in [0.1, 0.15) is 27.7 Å². The molecule has 1 N–H and O–H groups in total. The second-order valence-corrected chi connectivity index (χ2v) is 8.12. The molecule has 1 amide bonds. The van der Waals surface area contributed by atoms with Gasteiger partial charge in [-0.3, -0.25) is 4.79 Å². The summed E-state index contributed by atoms with van der Waals surface area (Å²) in [6.45, 7) is 7.05. The van der Waals surface area contributed by atoms with Crippen LogP contribution in [0.25, 0.3) is 0 Å². The van der Waals surface area contributed by atoms with Crippen LogP contribution in [-0.2, 0) is 28.5 Å². The summed E-state index contributed by atoms with van der Waals surface area (Å²) >= 11 is 5.78. The third kappa shape index (κ3) is 3.57. The highest BCUT2D eigenvalue weighted by molar-refractivity contribution is 6.31. The summed E-state index contributed by atoms with van der Waals surface area (Å²) in [5.74, 6) is -2.81. The fourth-order valence-electron chi connectivity index (χ4n) is 3.61. The molecule has 1 aromatic carbocycles. The van der Waals surface area contributed by atoms with Gasteiger partial charge in [-0.15, -0.1) is 0 Å². The number of amides is 1. The van der Waals surface area contributed by atoms with Crippen LogP contribution in [0.4, 0.5) is 10.1 Å². The quantitative estimate of drug-likeness (QED) is 0.821. The minimum absolute atomic E-state index is 0.0915. The van der Waals surface area contributed by atoms with E-state index in [1.807, 2.05) is 0 Å². The average molecular weight is 402 g/mol. The Morgan fingerprint density at radius 2 is 1.67 bits per heavy atom. The molecule has 0 unspecified atom stereocenters. The van der Waals surface area contributed by atoms with Gasteiger partial charge < -0.3 is 29.0 Å². The number of fused-ring (bicyclic) bond motifs is 3. The van der Waals surface area contributed by atoms with Gasteiger partial charge in [-0.25, -0.2) is 4.39 Å². The molecule has 7 nitrogen and oxygen atoms in total. The van der Waals surface area contributed by atoms with Crippen molar-refractivity contribution in [3.63, 3.8) is 0 Å². The van der Waals surface area contributed by atoms with E-state index in [1.165, 1.54) is 18.2 Å². The number of anilines is 1. The van der Waals surface area contributed by atoms with E-state index >= 15 is 0 Å². The predicted octanol–water partition coefficient (Wildman–Crippen LogP) is 2.81. The zero-order valence-electron chi connectivity index (χ0n) is 15.3. The van der Waals surface area contributed by atoms with Crippen molar-refractivity contribution in [2.24, 2.45) is 0 Å². The maximum atomic E-state index is 13.3. The van der Waals surface area contributed by atoms with Crippen molar-refractivity contribution in [2.75, 3.05) is 5.32 Å². The van der Waals surface area contributed by atoms with Gasteiger partial charge in [0.05, 0.1) is 5.02 Å². The lowest BCUT2D eigenvalue weighted by Gasteiger charge is -2.36. The first-order chi connectivity index (χ1) is 12.5. The van der Waals surface area contributed by atoms with Crippen molar-refractivity contribution in [1.29, 1.82) is 0 Å². The molecule has 0 bridgehead atoms. The Balaban J connectivity index is 1.57. The van der Waals surface area contributed by atoms with E-state index in [2.05, 4.69) is 5.32 Å². The minimum Gasteiger partial charge on any atom is -0.342 e. The smallest absolute Gasteiger partial charge is 0.256 e. The fourth-order valence-corrected chi connectivity index (χ4v) is 3.79. The van der Waals surface area contributed by atoms with Gasteiger partial charge in [0.2, 0.25) is 0 Å². The van der Waals surface area contributed by atoms with Crippen molar-refractivity contribution < 1.29 is 32.9 Å². The summed E-state index contributed by atoms with van der Waals surface area (Å²) in [7, 11) is 0. The molecule has 0 saturated carbocycles. The number of nitrogens with one attached hydrogen (secondary N) is 1. The molecule has 3 aliphatic rings. The van der Waals surface area contributed by atoms with E-state index in [0.717, 1.165) is 0 Å². The van der Waals surface area contributed by atoms with Gasteiger partial charge in [0, 0.05) is 5.69 Å². The van der Waals surface area contributed by atoms with Crippen LogP contribution in [0.2, 0.25) is 5.02 Å². The van der Waals surface area contributed by atoms with Crippen molar-refractivity contribution >= 4 is 23.2 Å². The zero-order chi connectivity index (χ0) is 19.6. The second kappa shape index (κ2) is 6.37. The van der Waals surface area contributed by atoms with Crippen LogP contribution in [-0.4, -0.2) is 48.2 Å². The molecule has 0 aromatic heterocycles. The molecule has 5 atom stereocenters. The first-order valence-corrected chi connectivity index (χ1v) is 9.05. The van der Waals surface area contributed by atoms with Gasteiger partial charge in [-0.2, -0.15) is 0 Å². The van der Waals surface area contributed by atoms with Gasteiger partial charge in [-0.05, 0) is 45.9 Å². The van der Waals surface area contributed by atoms with E-state index in [4.69, 9.17) is 35.3 Å². The van der Waals surface area contributed by atoms with Crippen LogP contribution in [0.3, 0.4) is 0 Å². The highest BCUT2D eigenvalue weighted by Crippen LogP contribution is 2.44. The van der Waals surface area contributed by atoms with E-state index in [9.17, 15) is 9.18 Å². The Hall–Kier alpha value is -1.29. The Morgan fingerprint density at radius 3 is 2.37 bits per heavy atom. The van der Waals surface area contributed by atoms with Gasteiger partial charge >= 0.3 is 0 Å². The van der Waals surface area contributed by atoms with Gasteiger partial charge in [0.25, 0.3) is 5.91 Å². The number of carbonyl (C=O) groups is 1. The van der Waals surface area contributed by atoms with Crippen molar-refractivity contribution in [2.45, 2.75) is 70.0 Å². The molecule has 148 valence electrons. The van der Waals surface area contributed by atoms with Crippen molar-refractivity contribution in [3.8, 4) is 0 Å². The standard InChI is InChI=1S/C18H21ClFNO6/c1-17(2)24-11-12(25-17)14-16(27-18(3,4)26-14)23-13(11)15(22)21-8-5-6-10(20)9(19)7-8/h5-7,11-14,16H,1-4H3,(H,21,22)/t11-,12-,13+,14+,16-/m0/s1. The Bertz CT molecular complexity index is 772. The lowest BCUT2D eigenvalue weighted by atomic mass is 9.98. The number of rotatable bonds is 2. The Labute approximate surface area is 161 Å². The zero-order valence-corrected chi connectivity index (χ0v) is 16.1. The van der Waals surface area contributed by atoms with E-state index in [1.54, 1.807) is 27.7 Å². The normalized spacial score (nSPS) is 36.1. The molecular formula is C18H21ClFNO6. The molecule has 0 aliphatic carbocycles. The first-order valence-electron chi connectivity index (χ1n) is 8.67. The SMILES string of the molecule is CC1(C)O[C@@H]2O[C@@H](C(=O)Nc3ccc(F)c(Cl)c3)[C@H]3OC(C)(C)O[C@@H]3[C@H]2O1. The maximum Gasteiger partial charge on any atom is 0.256 e. The number of benzene rings is 1. The van der Waals surface area contributed by atoms with Gasteiger partial charge in [0.15, 0.2) is 24.0 Å². The lowest BCUT2D eigenvalue weighted by Crippen LogP contribution is -2.58. The van der Waals surface area contributed by atoms with E-state index in [-0.39, 0.29) is 5.02 Å². The number of carbonyl (C=O) groups excluding carboxylic acids is 1. The number of ether oxygens (including phenoxy) is 5. The molecule has 3 aliphatic heterocycles. The third-order valence-corrected chi connectivity index (χ3v) is 4.89. The van der Waals surface area contributed by atoms with Crippen molar-refractivity contribution in [1.82, 2.24) is 0 Å². The topological polar surface area (TPSA) is 75.3 Å². The molecule has 9 heteroatoms. The monoisotopic (exact) mass is 401 g/mol. The summed E-state index contributed by atoms with van der Waals surface area (Å²) in [4.78, 5) is 12.9. The highest BCUT2D eigenvalue weighted by atomic mass is 35.5. The average Bonchev–Trinajstić information content (AvgIpc) is 3.04. The van der Waals surface area contributed by atoms with Gasteiger partial charge in [-0.1, -0.05) is 11.6 Å². The second-order valence-electron chi connectivity index (χ2n) is 7.71. The van der Waals surface area contributed by atoms with Gasteiger partial charge in [0.1, 0.15) is 24.1 Å². The third-order valence-electron chi connectivity index (χ3n) is 4.60. The minimum atomic E-state index is -1.00. The molecule has 27 heavy (non-hydrogen) atoms. The molecule has 0 radical (unpaired) electrons. The molecule has 3 heterocycles. The van der Waals surface area contributed by atoms with Crippen LogP contribution in [0.5, 0.6) is 0 Å². The van der Waals surface area contributed by atoms with Crippen molar-refractivity contribution in [3.05, 3.63) is 29.0 Å². The largest absolute Gasteiger partial charge is 0.342 e. The maximum absolute atomic E-state index is 13.3. The number of hydrogen-bond donors (Lipinski definition) is 1. The first kappa shape index (κ1) is 19.0. The number of hydrogen-bond acceptors (Lipinski definition) is 6. The highest BCUT2D eigenvalue weighted by Gasteiger charge is 2.62. The molecular weight excluding hydrogens is 381 g/mol. The molecule has 3 fully saturated rings. The lowest BCUT2D eigenvalue weighted by molar-refractivity contribution is -0.229. The van der Waals surface area contributed by atoms with E-state index in [0.29, 0.717) is 5.69 Å². The fraction of sp³-hybridized carbons (Fsp3) is 0.611. The molecule has 0 spiro atoms. The Kier molecular flexibility index (Phi) is 4.49. The Morgan fingerprint density at radius 1 is 1.04 bits per heavy atom.